The van der Waals surface area contributed by atoms with E-state index >= 15 is 0 Å². The Hall–Kier alpha value is -0.210. The molecule has 0 saturated carbocycles. The molecule has 2 N–H and O–H groups in total. The first-order valence-corrected chi connectivity index (χ1v) is 8.02. The highest BCUT2D eigenvalue weighted by atomic mass is 32.2. The molecule has 1 aliphatic heterocycles. The van der Waals surface area contributed by atoms with Crippen LogP contribution in [-0.2, 0) is 14.9 Å². The Labute approximate surface area is 110 Å². The van der Waals surface area contributed by atoms with Gasteiger partial charge in [-0.1, -0.05) is 6.92 Å². The van der Waals surface area contributed by atoms with Crippen molar-refractivity contribution in [3.8, 4) is 0 Å². The van der Waals surface area contributed by atoms with E-state index in [1.807, 2.05) is 6.92 Å². The van der Waals surface area contributed by atoms with E-state index < -0.39 is 10.2 Å². The summed E-state index contributed by atoms with van der Waals surface area (Å²) in [6.45, 7) is 4.99. The van der Waals surface area contributed by atoms with Crippen LogP contribution in [0.25, 0.3) is 0 Å². The molecule has 0 spiro atoms. The van der Waals surface area contributed by atoms with Crippen molar-refractivity contribution in [1.82, 2.24) is 14.3 Å². The van der Waals surface area contributed by atoms with E-state index in [1.54, 1.807) is 11.4 Å². The number of nitrogens with zero attached hydrogens (tertiary/aromatic N) is 1. The van der Waals surface area contributed by atoms with Crippen molar-refractivity contribution in [3.05, 3.63) is 0 Å². The van der Waals surface area contributed by atoms with Gasteiger partial charge in [0.15, 0.2) is 0 Å². The van der Waals surface area contributed by atoms with Crippen molar-refractivity contribution in [2.45, 2.75) is 32.2 Å². The molecule has 1 fully saturated rings. The SMILES string of the molecule is CCCN(C1CCCNC1)S(=O)(=O)NCCOC. The summed E-state index contributed by atoms with van der Waals surface area (Å²) in [4.78, 5) is 0. The summed E-state index contributed by atoms with van der Waals surface area (Å²) in [6.07, 6.45) is 2.78. The van der Waals surface area contributed by atoms with Crippen LogP contribution < -0.4 is 10.0 Å². The maximum absolute atomic E-state index is 12.2. The van der Waals surface area contributed by atoms with Crippen LogP contribution in [0.15, 0.2) is 0 Å². The highest BCUT2D eigenvalue weighted by molar-refractivity contribution is 7.87. The van der Waals surface area contributed by atoms with Crippen LogP contribution in [0.2, 0.25) is 0 Å². The zero-order valence-corrected chi connectivity index (χ0v) is 12.1. The fourth-order valence-electron chi connectivity index (χ4n) is 2.15. The van der Waals surface area contributed by atoms with E-state index in [2.05, 4.69) is 10.0 Å². The number of rotatable bonds is 8. The van der Waals surface area contributed by atoms with Crippen molar-refractivity contribution < 1.29 is 13.2 Å². The second kappa shape index (κ2) is 8.06. The molecule has 0 aromatic heterocycles. The van der Waals surface area contributed by atoms with Crippen LogP contribution in [0, 0.1) is 0 Å². The predicted molar refractivity (Wildman–Crippen MR) is 71.7 cm³/mol. The van der Waals surface area contributed by atoms with Crippen molar-refractivity contribution in [2.75, 3.05) is 39.9 Å². The Morgan fingerprint density at radius 3 is 2.83 bits per heavy atom. The van der Waals surface area contributed by atoms with Gasteiger partial charge in [-0.05, 0) is 25.8 Å². The number of hydrogen-bond acceptors (Lipinski definition) is 4. The Morgan fingerprint density at radius 2 is 2.28 bits per heavy atom. The molecule has 0 aromatic rings. The van der Waals surface area contributed by atoms with Crippen LogP contribution >= 0.6 is 0 Å². The summed E-state index contributed by atoms with van der Waals surface area (Å²) < 4.78 is 33.5. The molecule has 1 saturated heterocycles. The van der Waals surface area contributed by atoms with Gasteiger partial charge < -0.3 is 10.1 Å². The van der Waals surface area contributed by atoms with Gasteiger partial charge in [-0.3, -0.25) is 0 Å². The highest BCUT2D eigenvalue weighted by Crippen LogP contribution is 2.14. The lowest BCUT2D eigenvalue weighted by molar-refractivity contribution is 0.202. The summed E-state index contributed by atoms with van der Waals surface area (Å²) in [5, 5.41) is 3.25. The maximum Gasteiger partial charge on any atom is 0.279 e. The average Bonchev–Trinajstić information content (AvgIpc) is 2.37. The number of hydrogen-bond donors (Lipinski definition) is 2. The molecular weight excluding hydrogens is 254 g/mol. The second-order valence-corrected chi connectivity index (χ2v) is 6.21. The molecule has 0 aliphatic carbocycles. The van der Waals surface area contributed by atoms with Crippen LogP contribution in [0.3, 0.4) is 0 Å². The van der Waals surface area contributed by atoms with Crippen molar-refractivity contribution in [3.63, 3.8) is 0 Å². The Bertz CT molecular complexity index is 315. The van der Waals surface area contributed by atoms with Gasteiger partial charge >= 0.3 is 0 Å². The molecule has 6 nitrogen and oxygen atoms in total. The molecule has 18 heavy (non-hydrogen) atoms. The minimum atomic E-state index is -3.39. The number of piperidine rings is 1. The van der Waals surface area contributed by atoms with E-state index in [9.17, 15) is 8.42 Å². The topological polar surface area (TPSA) is 70.7 Å². The predicted octanol–water partition coefficient (Wildman–Crippen LogP) is -0.0688. The van der Waals surface area contributed by atoms with Gasteiger partial charge in [-0.2, -0.15) is 17.4 Å². The van der Waals surface area contributed by atoms with Gasteiger partial charge in [-0.15, -0.1) is 0 Å². The van der Waals surface area contributed by atoms with Gasteiger partial charge in [0.1, 0.15) is 0 Å². The minimum Gasteiger partial charge on any atom is -0.383 e. The standard InChI is InChI=1S/C11H25N3O3S/c1-3-8-14(11-5-4-6-12-10-11)18(15,16)13-7-9-17-2/h11-13H,3-10H2,1-2H3. The van der Waals surface area contributed by atoms with Crippen LogP contribution in [0.4, 0.5) is 0 Å². The molecule has 0 radical (unpaired) electrons. The fraction of sp³-hybridized carbons (Fsp3) is 1.00. The highest BCUT2D eigenvalue weighted by Gasteiger charge is 2.29. The van der Waals surface area contributed by atoms with Crippen LogP contribution in [-0.4, -0.2) is 58.7 Å². The number of methoxy groups -OCH3 is 1. The third-order valence-corrected chi connectivity index (χ3v) is 4.69. The maximum atomic E-state index is 12.2. The quantitative estimate of drug-likeness (QED) is 0.610. The molecule has 0 amide bonds. The van der Waals surface area contributed by atoms with Crippen LogP contribution in [0.5, 0.6) is 0 Å². The molecule has 1 atom stereocenters. The third kappa shape index (κ3) is 4.81. The molecule has 1 rings (SSSR count). The zero-order chi connectivity index (χ0) is 13.4. The molecule has 108 valence electrons. The van der Waals surface area contributed by atoms with Gasteiger partial charge in [0.05, 0.1) is 6.61 Å². The molecular formula is C11H25N3O3S. The summed E-state index contributed by atoms with van der Waals surface area (Å²) in [7, 11) is -1.83. The Kier molecular flexibility index (Phi) is 7.10. The normalized spacial score (nSPS) is 21.4. The fourth-order valence-corrected chi connectivity index (χ4v) is 3.66. The first-order valence-electron chi connectivity index (χ1n) is 6.58. The van der Waals surface area contributed by atoms with Gasteiger partial charge in [0.2, 0.25) is 0 Å². The first kappa shape index (κ1) is 15.8. The summed E-state index contributed by atoms with van der Waals surface area (Å²) in [6, 6.07) is 0.0683. The van der Waals surface area contributed by atoms with E-state index in [1.165, 1.54) is 0 Å². The van der Waals surface area contributed by atoms with Crippen molar-refractivity contribution in [2.24, 2.45) is 0 Å². The molecule has 0 bridgehead atoms. The van der Waals surface area contributed by atoms with Gasteiger partial charge in [-0.25, -0.2) is 0 Å². The molecule has 1 unspecified atom stereocenters. The van der Waals surface area contributed by atoms with Crippen molar-refractivity contribution in [1.29, 1.82) is 0 Å². The molecule has 7 heteroatoms. The average molecular weight is 279 g/mol. The van der Waals surface area contributed by atoms with E-state index in [4.69, 9.17) is 4.74 Å². The second-order valence-electron chi connectivity index (χ2n) is 4.50. The third-order valence-electron chi connectivity index (χ3n) is 3.02. The van der Waals surface area contributed by atoms with Crippen LogP contribution in [0.1, 0.15) is 26.2 Å². The summed E-state index contributed by atoms with van der Waals surface area (Å²) in [5.74, 6) is 0. The lowest BCUT2D eigenvalue weighted by Crippen LogP contribution is -2.52. The smallest absolute Gasteiger partial charge is 0.279 e. The van der Waals surface area contributed by atoms with E-state index in [0.717, 1.165) is 32.4 Å². The van der Waals surface area contributed by atoms with E-state index in [-0.39, 0.29) is 6.04 Å². The number of nitrogens with one attached hydrogen (secondary N) is 2. The minimum absolute atomic E-state index is 0.0683. The first-order chi connectivity index (χ1) is 8.61. The largest absolute Gasteiger partial charge is 0.383 e. The zero-order valence-electron chi connectivity index (χ0n) is 11.3. The van der Waals surface area contributed by atoms with E-state index in [0.29, 0.717) is 19.7 Å². The lowest BCUT2D eigenvalue weighted by atomic mass is 10.1. The molecule has 0 aromatic carbocycles. The summed E-state index contributed by atoms with van der Waals surface area (Å²) >= 11 is 0. The van der Waals surface area contributed by atoms with Gasteiger partial charge in [0, 0.05) is 32.8 Å². The van der Waals surface area contributed by atoms with Crippen molar-refractivity contribution >= 4 is 10.2 Å². The number of ether oxygens (including phenoxy) is 1. The Balaban J connectivity index is 2.63. The van der Waals surface area contributed by atoms with Gasteiger partial charge in [0.25, 0.3) is 10.2 Å². The summed E-state index contributed by atoms with van der Waals surface area (Å²) in [5.41, 5.74) is 0. The monoisotopic (exact) mass is 279 g/mol. The lowest BCUT2D eigenvalue weighted by Gasteiger charge is -2.33. The Morgan fingerprint density at radius 1 is 1.50 bits per heavy atom. The molecule has 1 aliphatic rings. The molecule has 1 heterocycles.